The molecule has 0 aliphatic carbocycles. The van der Waals surface area contributed by atoms with Gasteiger partial charge in [-0.1, -0.05) is 11.6 Å². The first-order valence-electron chi connectivity index (χ1n) is 4.03. The summed E-state index contributed by atoms with van der Waals surface area (Å²) < 4.78 is 25.7. The van der Waals surface area contributed by atoms with Crippen LogP contribution < -0.4 is 5.32 Å². The molecule has 0 unspecified atom stereocenters. The van der Waals surface area contributed by atoms with Crippen LogP contribution in [0, 0.1) is 11.6 Å². The van der Waals surface area contributed by atoms with Gasteiger partial charge in [0.1, 0.15) is 10.8 Å². The lowest BCUT2D eigenvalue weighted by atomic mass is 10.1. The van der Waals surface area contributed by atoms with Gasteiger partial charge in [-0.2, -0.15) is 0 Å². The highest BCUT2D eigenvalue weighted by molar-refractivity contribution is 6.32. The van der Waals surface area contributed by atoms with Crippen LogP contribution in [0.4, 0.5) is 8.78 Å². The molecule has 0 atom stereocenters. The molecule has 3 nitrogen and oxygen atoms in total. The van der Waals surface area contributed by atoms with Gasteiger partial charge < -0.3 is 10.4 Å². The number of Topliss-reactive ketones (excluding diaryl/α,β-unsaturated/α-hetero) is 1. The summed E-state index contributed by atoms with van der Waals surface area (Å²) in [6, 6.07) is 0.621. The average Bonchev–Trinajstić information content (AvgIpc) is 2.20. The molecule has 1 aromatic carbocycles. The molecule has 15 heavy (non-hydrogen) atoms. The van der Waals surface area contributed by atoms with E-state index >= 15 is 0 Å². The minimum Gasteiger partial charge on any atom is -0.506 e. The molecule has 0 heterocycles. The molecule has 6 heteroatoms. The quantitative estimate of drug-likeness (QED) is 0.620. The molecule has 0 bridgehead atoms. The molecule has 2 N–H and O–H groups in total. The van der Waals surface area contributed by atoms with Crippen LogP contribution >= 0.6 is 11.6 Å². The molecule has 1 aromatic rings. The first kappa shape index (κ1) is 11.9. The van der Waals surface area contributed by atoms with Gasteiger partial charge in [0.25, 0.3) is 0 Å². The highest BCUT2D eigenvalue weighted by Crippen LogP contribution is 2.32. The van der Waals surface area contributed by atoms with Gasteiger partial charge in [-0.15, -0.1) is 0 Å². The Kier molecular flexibility index (Phi) is 3.60. The van der Waals surface area contributed by atoms with Crippen molar-refractivity contribution in [2.75, 3.05) is 13.6 Å². The van der Waals surface area contributed by atoms with Crippen molar-refractivity contribution in [3.8, 4) is 5.75 Å². The van der Waals surface area contributed by atoms with Gasteiger partial charge >= 0.3 is 0 Å². The molecule has 0 spiro atoms. The second-order valence-electron chi connectivity index (χ2n) is 2.84. The molecular weight excluding hydrogens is 228 g/mol. The van der Waals surface area contributed by atoms with Crippen LogP contribution in [0.15, 0.2) is 6.07 Å². The predicted molar refractivity (Wildman–Crippen MR) is 51.3 cm³/mol. The summed E-state index contributed by atoms with van der Waals surface area (Å²) in [4.78, 5) is 11.3. The van der Waals surface area contributed by atoms with Crippen molar-refractivity contribution in [3.63, 3.8) is 0 Å². The summed E-state index contributed by atoms with van der Waals surface area (Å²) in [5.41, 5.74) is -0.340. The first-order chi connectivity index (χ1) is 6.99. The second-order valence-corrected chi connectivity index (χ2v) is 3.21. The van der Waals surface area contributed by atoms with Crippen molar-refractivity contribution in [2.24, 2.45) is 0 Å². The van der Waals surface area contributed by atoms with E-state index < -0.39 is 28.2 Å². The van der Waals surface area contributed by atoms with Crippen LogP contribution in [0.5, 0.6) is 5.75 Å². The smallest absolute Gasteiger partial charge is 0.181 e. The van der Waals surface area contributed by atoms with Crippen molar-refractivity contribution in [1.82, 2.24) is 5.32 Å². The standard InChI is InChI=1S/C9H8ClF2NO2/c1-13-3-6(14)4-2-5(11)8(12)7(10)9(4)15/h2,13,15H,3H2,1H3. The lowest BCUT2D eigenvalue weighted by Crippen LogP contribution is -2.19. The summed E-state index contributed by atoms with van der Waals surface area (Å²) >= 11 is 5.29. The normalized spacial score (nSPS) is 10.4. The van der Waals surface area contributed by atoms with Gasteiger partial charge in [-0.05, 0) is 13.1 Å². The Bertz CT molecular complexity index is 410. The molecule has 0 saturated carbocycles. The Labute approximate surface area is 89.7 Å². The van der Waals surface area contributed by atoms with Gasteiger partial charge in [0.05, 0.1) is 12.1 Å². The number of rotatable bonds is 3. The number of ketones is 1. The Morgan fingerprint density at radius 3 is 2.73 bits per heavy atom. The van der Waals surface area contributed by atoms with Gasteiger partial charge in [0.15, 0.2) is 17.4 Å². The molecule has 0 fully saturated rings. The average molecular weight is 236 g/mol. The fourth-order valence-electron chi connectivity index (χ4n) is 1.05. The number of phenols is 1. The summed E-state index contributed by atoms with van der Waals surface area (Å²) in [6.07, 6.45) is 0. The van der Waals surface area contributed by atoms with Crippen molar-refractivity contribution < 1.29 is 18.7 Å². The van der Waals surface area contributed by atoms with Gasteiger partial charge in [0, 0.05) is 0 Å². The van der Waals surface area contributed by atoms with E-state index in [1.165, 1.54) is 7.05 Å². The van der Waals surface area contributed by atoms with Crippen molar-refractivity contribution in [1.29, 1.82) is 0 Å². The Morgan fingerprint density at radius 1 is 1.60 bits per heavy atom. The highest BCUT2D eigenvalue weighted by Gasteiger charge is 2.20. The summed E-state index contributed by atoms with van der Waals surface area (Å²) in [7, 11) is 1.51. The zero-order valence-electron chi connectivity index (χ0n) is 7.77. The van der Waals surface area contributed by atoms with Crippen molar-refractivity contribution in [3.05, 3.63) is 28.3 Å². The number of halogens is 3. The molecule has 0 amide bonds. The number of phenolic OH excluding ortho intramolecular Hbond substituents is 1. The van der Waals surface area contributed by atoms with E-state index in [9.17, 15) is 18.7 Å². The van der Waals surface area contributed by atoms with E-state index in [1.807, 2.05) is 0 Å². The van der Waals surface area contributed by atoms with Crippen LogP contribution in [-0.4, -0.2) is 24.5 Å². The maximum atomic E-state index is 12.9. The van der Waals surface area contributed by atoms with E-state index in [-0.39, 0.29) is 12.1 Å². The summed E-state index contributed by atoms with van der Waals surface area (Å²) in [6.45, 7) is -0.102. The van der Waals surface area contributed by atoms with Crippen molar-refractivity contribution in [2.45, 2.75) is 0 Å². The topological polar surface area (TPSA) is 49.3 Å². The van der Waals surface area contributed by atoms with Gasteiger partial charge in [-0.3, -0.25) is 4.79 Å². The summed E-state index contributed by atoms with van der Waals surface area (Å²) in [5, 5.41) is 11.1. The zero-order valence-corrected chi connectivity index (χ0v) is 8.53. The van der Waals surface area contributed by atoms with E-state index in [0.717, 1.165) is 0 Å². The zero-order chi connectivity index (χ0) is 11.6. The monoisotopic (exact) mass is 235 g/mol. The van der Waals surface area contributed by atoms with E-state index in [2.05, 4.69) is 5.32 Å². The minimum atomic E-state index is -1.37. The molecule has 0 aliphatic rings. The van der Waals surface area contributed by atoms with E-state index in [1.54, 1.807) is 0 Å². The fraction of sp³-hybridized carbons (Fsp3) is 0.222. The Balaban J connectivity index is 3.26. The summed E-state index contributed by atoms with van der Waals surface area (Å²) in [5.74, 6) is -3.95. The van der Waals surface area contributed by atoms with E-state index in [4.69, 9.17) is 11.6 Å². The lowest BCUT2D eigenvalue weighted by molar-refractivity contribution is 0.0990. The SMILES string of the molecule is CNCC(=O)c1cc(F)c(F)c(Cl)c1O. The van der Waals surface area contributed by atoms with Gasteiger partial charge in [0.2, 0.25) is 0 Å². The Morgan fingerprint density at radius 2 is 2.20 bits per heavy atom. The number of hydrogen-bond acceptors (Lipinski definition) is 3. The number of likely N-dealkylation sites (N-methyl/N-ethyl adjacent to an activating group) is 1. The number of aromatic hydroxyl groups is 1. The number of benzene rings is 1. The van der Waals surface area contributed by atoms with Crippen LogP contribution in [0.25, 0.3) is 0 Å². The molecule has 0 saturated heterocycles. The van der Waals surface area contributed by atoms with Crippen molar-refractivity contribution >= 4 is 17.4 Å². The number of hydrogen-bond donors (Lipinski definition) is 2. The molecule has 82 valence electrons. The third-order valence-electron chi connectivity index (χ3n) is 1.77. The van der Waals surface area contributed by atoms with Crippen LogP contribution in [0.3, 0.4) is 0 Å². The minimum absolute atomic E-state index is 0.102. The molecular formula is C9H8ClF2NO2. The van der Waals surface area contributed by atoms with Gasteiger partial charge in [-0.25, -0.2) is 8.78 Å². The number of carbonyl (C=O) groups excluding carboxylic acids is 1. The molecule has 0 aromatic heterocycles. The molecule has 0 aliphatic heterocycles. The van der Waals surface area contributed by atoms with E-state index in [0.29, 0.717) is 6.07 Å². The number of nitrogens with one attached hydrogen (secondary N) is 1. The number of carbonyl (C=O) groups is 1. The van der Waals surface area contributed by atoms with Crippen LogP contribution in [-0.2, 0) is 0 Å². The Hall–Kier alpha value is -1.20. The molecule has 1 rings (SSSR count). The maximum Gasteiger partial charge on any atom is 0.181 e. The third kappa shape index (κ3) is 2.24. The first-order valence-corrected chi connectivity index (χ1v) is 4.41. The van der Waals surface area contributed by atoms with Crippen LogP contribution in [0.2, 0.25) is 5.02 Å². The lowest BCUT2D eigenvalue weighted by Gasteiger charge is -2.06. The van der Waals surface area contributed by atoms with Crippen LogP contribution in [0.1, 0.15) is 10.4 Å². The second kappa shape index (κ2) is 4.55. The fourth-order valence-corrected chi connectivity index (χ4v) is 1.25. The highest BCUT2D eigenvalue weighted by atomic mass is 35.5. The largest absolute Gasteiger partial charge is 0.506 e. The third-order valence-corrected chi connectivity index (χ3v) is 2.12. The molecule has 0 radical (unpaired) electrons. The predicted octanol–water partition coefficient (Wildman–Crippen LogP) is 1.73. The maximum absolute atomic E-state index is 12.9.